The Morgan fingerprint density at radius 3 is 2.50 bits per heavy atom. The van der Waals surface area contributed by atoms with Crippen molar-refractivity contribution in [2.24, 2.45) is 0 Å². The molecule has 10 heteroatoms. The number of phenols is 2. The lowest BCUT2D eigenvalue weighted by Crippen LogP contribution is -2.60. The lowest BCUT2D eigenvalue weighted by atomic mass is 9.99. The van der Waals surface area contributed by atoms with Crippen LogP contribution >= 0.6 is 0 Å². The van der Waals surface area contributed by atoms with Crippen LogP contribution in [0.5, 0.6) is 17.2 Å². The predicted molar refractivity (Wildman–Crippen MR) is 93.0 cm³/mol. The van der Waals surface area contributed by atoms with E-state index in [9.17, 15) is 35.4 Å². The largest absolute Gasteiger partial charge is 0.507 e. The maximum atomic E-state index is 12.0. The zero-order valence-electron chi connectivity index (χ0n) is 14.7. The molecule has 3 rings (SSSR count). The van der Waals surface area contributed by atoms with Gasteiger partial charge >= 0.3 is 5.97 Å². The van der Waals surface area contributed by atoms with Gasteiger partial charge in [0.05, 0.1) is 19.1 Å². The number of hydrogen-bond donors (Lipinski definition) is 6. The number of aliphatic hydroxyl groups excluding tert-OH is 4. The highest BCUT2D eigenvalue weighted by Gasteiger charge is 2.45. The average Bonchev–Trinajstić information content (AvgIpc) is 2.69. The molecule has 0 amide bonds. The molecular formula is C18H20O10. The molecule has 2 aromatic carbocycles. The van der Waals surface area contributed by atoms with Gasteiger partial charge in [-0.25, -0.2) is 4.79 Å². The number of ether oxygens (including phenoxy) is 3. The number of hydrogen-bond acceptors (Lipinski definition) is 10. The third kappa shape index (κ3) is 3.32. The Balaban J connectivity index is 2.09. The Kier molecular flexibility index (Phi) is 5.59. The van der Waals surface area contributed by atoms with Gasteiger partial charge < -0.3 is 44.8 Å². The first-order valence-electron chi connectivity index (χ1n) is 8.33. The first-order valence-corrected chi connectivity index (χ1v) is 8.33. The third-order valence-electron chi connectivity index (χ3n) is 4.57. The summed E-state index contributed by atoms with van der Waals surface area (Å²) in [5, 5.41) is 59.9. The number of rotatable bonds is 4. The molecule has 28 heavy (non-hydrogen) atoms. The van der Waals surface area contributed by atoms with E-state index in [0.717, 1.165) is 13.2 Å². The standard InChI is InChI=1S/C18H20O10/c1-26-17(25)8-5-10(12-7(13(8)21)3-2-4-9(12)20)27-18-16(24)15(23)14(22)11(6-19)28-18/h2-5,11,14-16,18-24H,6H2,1H3/t11-,14-,15+,16-,18-/m0/s1. The quantitative estimate of drug-likeness (QED) is 0.361. The summed E-state index contributed by atoms with van der Waals surface area (Å²) in [6.45, 7) is -0.653. The zero-order valence-corrected chi connectivity index (χ0v) is 14.7. The number of aliphatic hydroxyl groups is 4. The second kappa shape index (κ2) is 7.78. The first kappa shape index (κ1) is 20.1. The highest BCUT2D eigenvalue weighted by molar-refractivity contribution is 6.05. The van der Waals surface area contributed by atoms with Crippen LogP contribution in [0, 0.1) is 0 Å². The fraction of sp³-hybridized carbons (Fsp3) is 0.389. The van der Waals surface area contributed by atoms with Gasteiger partial charge in [0.2, 0.25) is 6.29 Å². The number of fused-ring (bicyclic) bond motifs is 1. The Morgan fingerprint density at radius 2 is 1.86 bits per heavy atom. The lowest BCUT2D eigenvalue weighted by Gasteiger charge is -2.39. The SMILES string of the molecule is COC(=O)c1cc(O[C@H]2O[C@@H](CO)[C@H](O)[C@@H](O)[C@@H]2O)c2c(O)cccc2c1O. The zero-order chi connectivity index (χ0) is 20.6. The fourth-order valence-electron chi connectivity index (χ4n) is 3.06. The van der Waals surface area contributed by atoms with Crippen LogP contribution in [-0.2, 0) is 9.47 Å². The second-order valence-corrected chi connectivity index (χ2v) is 6.28. The predicted octanol–water partition coefficient (Wildman–Crippen LogP) is -0.784. The van der Waals surface area contributed by atoms with Crippen molar-refractivity contribution < 1.29 is 49.6 Å². The summed E-state index contributed by atoms with van der Waals surface area (Å²) >= 11 is 0. The molecular weight excluding hydrogens is 376 g/mol. The Labute approximate surface area is 158 Å². The van der Waals surface area contributed by atoms with Gasteiger partial charge in [0.25, 0.3) is 0 Å². The van der Waals surface area contributed by atoms with Gasteiger partial charge in [0.1, 0.15) is 47.2 Å². The van der Waals surface area contributed by atoms with E-state index < -0.39 is 49.0 Å². The summed E-state index contributed by atoms with van der Waals surface area (Å²) < 4.78 is 15.5. The minimum absolute atomic E-state index is 0.0182. The van der Waals surface area contributed by atoms with Crippen LogP contribution < -0.4 is 4.74 Å². The molecule has 152 valence electrons. The van der Waals surface area contributed by atoms with Gasteiger partial charge in [0.15, 0.2) is 0 Å². The summed E-state index contributed by atoms with van der Waals surface area (Å²) in [7, 11) is 1.12. The molecule has 1 fully saturated rings. The van der Waals surface area contributed by atoms with Crippen LogP contribution in [0.4, 0.5) is 0 Å². The van der Waals surface area contributed by atoms with Gasteiger partial charge in [-0.1, -0.05) is 12.1 Å². The number of aromatic hydroxyl groups is 2. The lowest BCUT2D eigenvalue weighted by molar-refractivity contribution is -0.277. The van der Waals surface area contributed by atoms with E-state index in [-0.39, 0.29) is 27.8 Å². The molecule has 10 nitrogen and oxygen atoms in total. The summed E-state index contributed by atoms with van der Waals surface area (Å²) in [6, 6.07) is 5.28. The van der Waals surface area contributed by atoms with Crippen molar-refractivity contribution in [2.45, 2.75) is 30.7 Å². The number of carbonyl (C=O) groups is 1. The van der Waals surface area contributed by atoms with E-state index in [2.05, 4.69) is 4.74 Å². The summed E-state index contributed by atoms with van der Waals surface area (Å²) in [5.74, 6) is -1.76. The maximum Gasteiger partial charge on any atom is 0.341 e. The molecule has 1 heterocycles. The maximum absolute atomic E-state index is 12.0. The highest BCUT2D eigenvalue weighted by Crippen LogP contribution is 2.42. The Morgan fingerprint density at radius 1 is 1.14 bits per heavy atom. The van der Waals surface area contributed by atoms with E-state index in [1.54, 1.807) is 0 Å². The molecule has 1 saturated heterocycles. The monoisotopic (exact) mass is 396 g/mol. The number of esters is 1. The van der Waals surface area contributed by atoms with Gasteiger partial charge in [-0.2, -0.15) is 0 Å². The Bertz CT molecular complexity index is 880. The van der Waals surface area contributed by atoms with Crippen molar-refractivity contribution in [3.63, 3.8) is 0 Å². The normalized spacial score (nSPS) is 27.5. The van der Waals surface area contributed by atoms with Crippen molar-refractivity contribution in [2.75, 3.05) is 13.7 Å². The molecule has 5 atom stereocenters. The molecule has 0 aromatic heterocycles. The van der Waals surface area contributed by atoms with Crippen molar-refractivity contribution in [1.29, 1.82) is 0 Å². The summed E-state index contributed by atoms with van der Waals surface area (Å²) in [5.41, 5.74) is -0.264. The van der Waals surface area contributed by atoms with E-state index in [0.29, 0.717) is 0 Å². The molecule has 0 radical (unpaired) electrons. The smallest absolute Gasteiger partial charge is 0.341 e. The summed E-state index contributed by atoms with van der Waals surface area (Å²) in [4.78, 5) is 12.0. The highest BCUT2D eigenvalue weighted by atomic mass is 16.7. The van der Waals surface area contributed by atoms with Crippen molar-refractivity contribution in [3.8, 4) is 17.2 Å². The second-order valence-electron chi connectivity index (χ2n) is 6.28. The molecule has 0 spiro atoms. The first-order chi connectivity index (χ1) is 13.3. The minimum Gasteiger partial charge on any atom is -0.507 e. The number of methoxy groups -OCH3 is 1. The molecule has 0 bridgehead atoms. The van der Waals surface area contributed by atoms with Gasteiger partial charge in [0, 0.05) is 5.39 Å². The van der Waals surface area contributed by atoms with Crippen LogP contribution in [-0.4, -0.2) is 81.0 Å². The molecule has 0 unspecified atom stereocenters. The van der Waals surface area contributed by atoms with Gasteiger partial charge in [-0.3, -0.25) is 0 Å². The van der Waals surface area contributed by atoms with Crippen LogP contribution in [0.25, 0.3) is 10.8 Å². The minimum atomic E-state index is -1.70. The average molecular weight is 396 g/mol. The van der Waals surface area contributed by atoms with Crippen molar-refractivity contribution in [1.82, 2.24) is 0 Å². The van der Waals surface area contributed by atoms with Crippen LogP contribution in [0.15, 0.2) is 24.3 Å². The Hall–Kier alpha value is -2.63. The van der Waals surface area contributed by atoms with Crippen molar-refractivity contribution >= 4 is 16.7 Å². The van der Waals surface area contributed by atoms with Crippen LogP contribution in [0.2, 0.25) is 0 Å². The van der Waals surface area contributed by atoms with Crippen LogP contribution in [0.1, 0.15) is 10.4 Å². The van der Waals surface area contributed by atoms with Crippen LogP contribution in [0.3, 0.4) is 0 Å². The molecule has 1 aliphatic heterocycles. The summed E-state index contributed by atoms with van der Waals surface area (Å²) in [6.07, 6.45) is -7.70. The fourth-order valence-corrected chi connectivity index (χ4v) is 3.06. The van der Waals surface area contributed by atoms with Crippen molar-refractivity contribution in [3.05, 3.63) is 29.8 Å². The number of carbonyl (C=O) groups excluding carboxylic acids is 1. The van der Waals surface area contributed by atoms with E-state index in [1.807, 2.05) is 0 Å². The van der Waals surface area contributed by atoms with E-state index in [4.69, 9.17) is 9.47 Å². The molecule has 2 aromatic rings. The molecule has 6 N–H and O–H groups in total. The van der Waals surface area contributed by atoms with E-state index in [1.165, 1.54) is 18.2 Å². The number of phenolic OH excluding ortho intramolecular Hbond substituents is 2. The number of benzene rings is 2. The third-order valence-corrected chi connectivity index (χ3v) is 4.57. The van der Waals surface area contributed by atoms with Gasteiger partial charge in [-0.05, 0) is 12.1 Å². The molecule has 1 aliphatic rings. The van der Waals surface area contributed by atoms with Gasteiger partial charge in [-0.15, -0.1) is 0 Å². The van der Waals surface area contributed by atoms with E-state index >= 15 is 0 Å². The molecule has 0 saturated carbocycles. The molecule has 0 aliphatic carbocycles. The topological polar surface area (TPSA) is 166 Å².